The molecule has 1 aliphatic heterocycles. The van der Waals surface area contributed by atoms with Crippen molar-refractivity contribution in [2.45, 2.75) is 6.54 Å². The van der Waals surface area contributed by atoms with Crippen LogP contribution in [0.5, 0.6) is 0 Å². The number of hydrogen-bond acceptors (Lipinski definition) is 6. The Morgan fingerprint density at radius 1 is 1.20 bits per heavy atom. The highest BCUT2D eigenvalue weighted by Crippen LogP contribution is 2.26. The van der Waals surface area contributed by atoms with Crippen molar-refractivity contribution in [3.8, 4) is 17.1 Å². The second-order valence-corrected chi connectivity index (χ2v) is 5.67. The van der Waals surface area contributed by atoms with Crippen LogP contribution in [0.4, 0.5) is 5.95 Å². The monoisotopic (exact) mass is 332 g/mol. The molecule has 0 fully saturated rings. The molecule has 4 heterocycles. The van der Waals surface area contributed by atoms with Crippen LogP contribution in [0, 0.1) is 0 Å². The van der Waals surface area contributed by atoms with E-state index in [1.807, 2.05) is 18.2 Å². The highest BCUT2D eigenvalue weighted by molar-refractivity contribution is 5.98. The lowest BCUT2D eigenvalue weighted by Crippen LogP contribution is -2.12. The number of imidazole rings is 1. The molecule has 3 aromatic heterocycles. The largest absolute Gasteiger partial charge is 0.369 e. The van der Waals surface area contributed by atoms with Gasteiger partial charge in [-0.1, -0.05) is 6.07 Å². The van der Waals surface area contributed by atoms with Crippen molar-refractivity contribution in [2.24, 2.45) is 0 Å². The third kappa shape index (κ3) is 1.92. The summed E-state index contributed by atoms with van der Waals surface area (Å²) in [6, 6.07) is 5.67. The lowest BCUT2D eigenvalue weighted by molar-refractivity contribution is 0.0966. The fourth-order valence-corrected chi connectivity index (χ4v) is 3.06. The van der Waals surface area contributed by atoms with Gasteiger partial charge in [0.15, 0.2) is 11.5 Å². The molecule has 0 saturated heterocycles. The zero-order chi connectivity index (χ0) is 17.0. The first-order valence-corrected chi connectivity index (χ1v) is 7.62. The highest BCUT2D eigenvalue weighted by Gasteiger charge is 2.20. The van der Waals surface area contributed by atoms with E-state index < -0.39 is 0 Å². The second-order valence-electron chi connectivity index (χ2n) is 5.67. The Balaban J connectivity index is 1.70. The minimum Gasteiger partial charge on any atom is -0.369 e. The van der Waals surface area contributed by atoms with Gasteiger partial charge in [0, 0.05) is 30.1 Å². The van der Waals surface area contributed by atoms with E-state index in [9.17, 15) is 4.79 Å². The van der Waals surface area contributed by atoms with Crippen LogP contribution in [0.2, 0.25) is 0 Å². The van der Waals surface area contributed by atoms with Crippen LogP contribution >= 0.6 is 0 Å². The van der Waals surface area contributed by atoms with Gasteiger partial charge in [0.05, 0.1) is 11.9 Å². The topological polar surface area (TPSA) is 116 Å². The number of nitrogens with zero attached hydrogens (tertiary/aromatic N) is 6. The van der Waals surface area contributed by atoms with Gasteiger partial charge in [-0.3, -0.25) is 9.36 Å². The number of nitrogen functional groups attached to an aromatic ring is 1. The number of anilines is 1. The Kier molecular flexibility index (Phi) is 2.66. The van der Waals surface area contributed by atoms with Crippen molar-refractivity contribution in [3.63, 3.8) is 0 Å². The molecule has 0 saturated carbocycles. The van der Waals surface area contributed by atoms with Crippen LogP contribution in [-0.2, 0) is 6.54 Å². The summed E-state index contributed by atoms with van der Waals surface area (Å²) in [6.45, 7) is 0.527. The number of fused-ring (bicyclic) bond motifs is 2. The Morgan fingerprint density at radius 2 is 2.12 bits per heavy atom. The number of hydrogen-bond donors (Lipinski definition) is 2. The number of nitrogens with one attached hydrogen (secondary N) is 1. The van der Waals surface area contributed by atoms with Gasteiger partial charge >= 0.3 is 0 Å². The Hall–Kier alpha value is -3.75. The number of carbonyl (C=O) groups excluding carboxylic acids is 1. The zero-order valence-electron chi connectivity index (χ0n) is 12.9. The van der Waals surface area contributed by atoms with E-state index in [1.54, 1.807) is 27.7 Å². The highest BCUT2D eigenvalue weighted by atomic mass is 16.1. The molecule has 0 atom stereocenters. The fraction of sp³-hybridized carbons (Fsp3) is 0.0625. The average Bonchev–Trinajstić information content (AvgIpc) is 3.34. The molecule has 25 heavy (non-hydrogen) atoms. The molecule has 9 heteroatoms. The van der Waals surface area contributed by atoms with E-state index in [1.165, 1.54) is 6.33 Å². The summed E-state index contributed by atoms with van der Waals surface area (Å²) in [5, 5.41) is 7.13. The summed E-state index contributed by atoms with van der Waals surface area (Å²) < 4.78 is 3.35. The molecule has 4 aromatic rings. The predicted octanol–water partition coefficient (Wildman–Crippen LogP) is 0.803. The van der Waals surface area contributed by atoms with Crippen LogP contribution in [0.25, 0.3) is 22.7 Å². The van der Waals surface area contributed by atoms with Crippen LogP contribution in [-0.4, -0.2) is 35.0 Å². The molecule has 0 spiro atoms. The van der Waals surface area contributed by atoms with E-state index in [-0.39, 0.29) is 5.91 Å². The number of rotatable bonds is 2. The maximum Gasteiger partial charge on any atom is 0.251 e. The summed E-state index contributed by atoms with van der Waals surface area (Å²) in [4.78, 5) is 24.5. The summed E-state index contributed by atoms with van der Waals surface area (Å²) in [5.74, 6) is 0.832. The molecule has 122 valence electrons. The predicted molar refractivity (Wildman–Crippen MR) is 88.9 cm³/mol. The van der Waals surface area contributed by atoms with Gasteiger partial charge in [0.1, 0.15) is 6.33 Å². The molecule has 1 amide bonds. The number of aromatic nitrogens is 6. The van der Waals surface area contributed by atoms with Crippen LogP contribution < -0.4 is 11.1 Å². The molecule has 0 aliphatic carbocycles. The lowest BCUT2D eigenvalue weighted by Gasteiger charge is -2.09. The van der Waals surface area contributed by atoms with E-state index in [0.29, 0.717) is 29.5 Å². The molecule has 9 nitrogen and oxygen atoms in total. The minimum atomic E-state index is -0.0449. The van der Waals surface area contributed by atoms with Crippen molar-refractivity contribution >= 4 is 17.5 Å². The zero-order valence-corrected chi connectivity index (χ0v) is 12.9. The van der Waals surface area contributed by atoms with Crippen molar-refractivity contribution in [1.29, 1.82) is 0 Å². The maximum absolute atomic E-state index is 11.7. The van der Waals surface area contributed by atoms with Gasteiger partial charge in [-0.2, -0.15) is 5.10 Å². The number of benzene rings is 1. The van der Waals surface area contributed by atoms with Crippen molar-refractivity contribution in [3.05, 3.63) is 54.2 Å². The van der Waals surface area contributed by atoms with Crippen molar-refractivity contribution in [1.82, 2.24) is 34.4 Å². The lowest BCUT2D eigenvalue weighted by atomic mass is 10.0. The summed E-state index contributed by atoms with van der Waals surface area (Å²) in [7, 11) is 0. The van der Waals surface area contributed by atoms with E-state index in [2.05, 4.69) is 25.4 Å². The van der Waals surface area contributed by atoms with Gasteiger partial charge in [-0.05, 0) is 17.7 Å². The number of carbonyl (C=O) groups is 1. The standard InChI is InChI=1S/C16H12N8O/c17-16-18-3-4-23(16)13-14-21-8-22-24(14)12(7-19-13)9-1-2-11-10(5-9)6-20-15(11)25/h1-5,7-8H,6H2,(H2,17,18)(H,20,25). The molecule has 0 bridgehead atoms. The average molecular weight is 332 g/mol. The van der Waals surface area contributed by atoms with Crippen molar-refractivity contribution < 1.29 is 4.79 Å². The number of nitrogens with two attached hydrogens (primary N) is 1. The Labute approximate surface area is 141 Å². The third-order valence-electron chi connectivity index (χ3n) is 4.27. The SMILES string of the molecule is Nc1nccn1-c1ncc(-c2ccc3c(c2)CNC3=O)n2ncnc12. The Bertz CT molecular complexity index is 1140. The minimum absolute atomic E-state index is 0.0449. The molecule has 5 rings (SSSR count). The van der Waals surface area contributed by atoms with Crippen LogP contribution in [0.1, 0.15) is 15.9 Å². The van der Waals surface area contributed by atoms with Gasteiger partial charge in [0.25, 0.3) is 5.91 Å². The van der Waals surface area contributed by atoms with Gasteiger partial charge in [-0.25, -0.2) is 19.5 Å². The third-order valence-corrected chi connectivity index (χ3v) is 4.27. The molecule has 3 N–H and O–H groups in total. The molecule has 1 aromatic carbocycles. The first kappa shape index (κ1) is 13.7. The maximum atomic E-state index is 11.7. The van der Waals surface area contributed by atoms with Gasteiger partial charge < -0.3 is 11.1 Å². The van der Waals surface area contributed by atoms with E-state index in [4.69, 9.17) is 5.73 Å². The van der Waals surface area contributed by atoms with Crippen LogP contribution in [0.15, 0.2) is 43.1 Å². The van der Waals surface area contributed by atoms with Crippen LogP contribution in [0.3, 0.4) is 0 Å². The Morgan fingerprint density at radius 3 is 2.96 bits per heavy atom. The molecule has 0 unspecified atom stereocenters. The smallest absolute Gasteiger partial charge is 0.251 e. The van der Waals surface area contributed by atoms with Gasteiger partial charge in [-0.15, -0.1) is 0 Å². The first-order chi connectivity index (χ1) is 12.2. The quantitative estimate of drug-likeness (QED) is 0.561. The summed E-state index contributed by atoms with van der Waals surface area (Å²) in [6.07, 6.45) is 6.50. The number of amides is 1. The summed E-state index contributed by atoms with van der Waals surface area (Å²) in [5.41, 5.74) is 9.78. The first-order valence-electron chi connectivity index (χ1n) is 7.62. The second kappa shape index (κ2) is 4.87. The van der Waals surface area contributed by atoms with Gasteiger partial charge in [0.2, 0.25) is 5.95 Å². The van der Waals surface area contributed by atoms with Crippen molar-refractivity contribution in [2.75, 3.05) is 5.73 Å². The molecule has 1 aliphatic rings. The molecular formula is C16H12N8O. The van der Waals surface area contributed by atoms with E-state index >= 15 is 0 Å². The summed E-state index contributed by atoms with van der Waals surface area (Å²) >= 11 is 0. The fourth-order valence-electron chi connectivity index (χ4n) is 3.06. The molecule has 0 radical (unpaired) electrons. The van der Waals surface area contributed by atoms with E-state index in [0.717, 1.165) is 16.8 Å². The normalized spacial score (nSPS) is 13.2. The molecular weight excluding hydrogens is 320 g/mol.